The first-order chi connectivity index (χ1) is 12.1. The highest BCUT2D eigenvalue weighted by molar-refractivity contribution is 6.55. The molecule has 0 aliphatic rings. The monoisotopic (exact) mass is 400 g/mol. The van der Waals surface area contributed by atoms with Gasteiger partial charge < -0.3 is 10.2 Å². The highest BCUT2D eigenvalue weighted by atomic mass is 35.5. The number of halogens is 2. The molecule has 0 radical (unpaired) electrons. The number of benzene rings is 1. The number of carboxylic acids is 2. The van der Waals surface area contributed by atoms with Gasteiger partial charge in [-0.25, -0.2) is 9.59 Å². The molecule has 0 unspecified atom stereocenters. The predicted octanol–water partition coefficient (Wildman–Crippen LogP) is 6.34. The predicted molar refractivity (Wildman–Crippen MR) is 112 cm³/mol. The lowest BCUT2D eigenvalue weighted by Gasteiger charge is -1.95. The second kappa shape index (κ2) is 20.7. The first-order valence-electron chi connectivity index (χ1n) is 7.56. The molecule has 0 fully saturated rings. The Hall–Kier alpha value is -2.30. The van der Waals surface area contributed by atoms with Gasteiger partial charge in [0.05, 0.1) is 4.49 Å². The van der Waals surface area contributed by atoms with E-state index in [2.05, 4.69) is 26.3 Å². The quantitative estimate of drug-likeness (QED) is 0.546. The molecule has 0 aliphatic heterocycles. The average molecular weight is 401 g/mol. The fourth-order valence-electron chi connectivity index (χ4n) is 1.09. The molecule has 4 nitrogen and oxygen atoms in total. The van der Waals surface area contributed by atoms with Crippen LogP contribution in [0, 0.1) is 0 Å². The summed E-state index contributed by atoms with van der Waals surface area (Å²) in [6.07, 6.45) is 5.23. The van der Waals surface area contributed by atoms with Crippen molar-refractivity contribution < 1.29 is 19.8 Å². The molecular formula is C20H26Cl2O4. The second-order valence-corrected chi connectivity index (χ2v) is 5.61. The molecule has 0 aliphatic carbocycles. The highest BCUT2D eigenvalue weighted by Crippen LogP contribution is 2.03. The van der Waals surface area contributed by atoms with E-state index in [4.69, 9.17) is 33.4 Å². The third-order valence-corrected chi connectivity index (χ3v) is 2.34. The molecule has 1 aromatic rings. The maximum absolute atomic E-state index is 10.1. The minimum atomic E-state index is -0.981. The van der Waals surface area contributed by atoms with Crippen molar-refractivity contribution in [3.8, 4) is 0 Å². The van der Waals surface area contributed by atoms with Crippen LogP contribution >= 0.6 is 23.2 Å². The SMILES string of the molecule is C=C(CCCC)C(=O)O.C=C(Cl)Cl.C=CC(=O)O.C=Cc1ccccc1. The Balaban J connectivity index is -0.000000286. The molecule has 0 aromatic heterocycles. The molecule has 0 spiro atoms. The Morgan fingerprint density at radius 3 is 1.73 bits per heavy atom. The maximum Gasteiger partial charge on any atom is 0.330 e. The van der Waals surface area contributed by atoms with Gasteiger partial charge >= 0.3 is 11.9 Å². The van der Waals surface area contributed by atoms with Gasteiger partial charge in [0.2, 0.25) is 0 Å². The van der Waals surface area contributed by atoms with E-state index in [0.29, 0.717) is 12.0 Å². The van der Waals surface area contributed by atoms with Crippen LogP contribution in [0.5, 0.6) is 0 Å². The number of unbranched alkanes of at least 4 members (excludes halogenated alkanes) is 1. The molecule has 0 saturated heterocycles. The number of rotatable bonds is 6. The lowest BCUT2D eigenvalue weighted by Crippen LogP contribution is -1.97. The maximum atomic E-state index is 10.1. The molecule has 0 bridgehead atoms. The first kappa shape index (κ1) is 28.5. The van der Waals surface area contributed by atoms with E-state index >= 15 is 0 Å². The van der Waals surface area contributed by atoms with Gasteiger partial charge in [-0.1, -0.05) is 99.3 Å². The summed E-state index contributed by atoms with van der Waals surface area (Å²) in [5, 5.41) is 15.9. The summed E-state index contributed by atoms with van der Waals surface area (Å²) in [4.78, 5) is 19.4. The van der Waals surface area contributed by atoms with Gasteiger partial charge in [-0.2, -0.15) is 0 Å². The zero-order valence-corrected chi connectivity index (χ0v) is 16.5. The molecule has 26 heavy (non-hydrogen) atoms. The summed E-state index contributed by atoms with van der Waals surface area (Å²) in [6.45, 7) is 15.1. The number of carboxylic acid groups (broad SMARTS) is 2. The molecule has 1 rings (SSSR count). The number of hydrogen-bond donors (Lipinski definition) is 2. The van der Waals surface area contributed by atoms with E-state index in [1.165, 1.54) is 5.56 Å². The zero-order chi connectivity index (χ0) is 21.0. The van der Waals surface area contributed by atoms with E-state index in [-0.39, 0.29) is 4.49 Å². The van der Waals surface area contributed by atoms with E-state index in [1.807, 2.05) is 43.3 Å². The van der Waals surface area contributed by atoms with Crippen LogP contribution in [0.25, 0.3) is 6.08 Å². The summed E-state index contributed by atoms with van der Waals surface area (Å²) in [6, 6.07) is 10.0. The molecule has 6 heteroatoms. The molecule has 0 saturated carbocycles. The van der Waals surface area contributed by atoms with Gasteiger partial charge in [-0.15, -0.1) is 0 Å². The van der Waals surface area contributed by atoms with Crippen LogP contribution in [0.2, 0.25) is 0 Å². The Morgan fingerprint density at radius 2 is 1.50 bits per heavy atom. The molecule has 1 aromatic carbocycles. The van der Waals surface area contributed by atoms with Gasteiger partial charge in [-0.05, 0) is 18.4 Å². The number of hydrogen-bond acceptors (Lipinski definition) is 2. The van der Waals surface area contributed by atoms with Crippen LogP contribution < -0.4 is 0 Å². The average Bonchev–Trinajstić information content (AvgIpc) is 2.60. The van der Waals surface area contributed by atoms with Crippen molar-refractivity contribution in [2.24, 2.45) is 0 Å². The number of aliphatic carboxylic acids is 2. The standard InChI is InChI=1S/C8H8.C7H12O2.C3H4O2.C2H2Cl2/c1-2-8-6-4-3-5-7-8;1-3-4-5-6(2)7(8)9;1-2-3(4)5;1-2(3)4/h2-7H,1H2;2-5H2,1H3,(H,8,9);2H,1H2,(H,4,5);1H2. The van der Waals surface area contributed by atoms with Crippen molar-refractivity contribution in [1.82, 2.24) is 0 Å². The van der Waals surface area contributed by atoms with Crippen molar-refractivity contribution in [2.75, 3.05) is 0 Å². The number of carbonyl (C=O) groups is 2. The lowest BCUT2D eigenvalue weighted by atomic mass is 10.1. The Kier molecular flexibility index (Phi) is 22.7. The highest BCUT2D eigenvalue weighted by Gasteiger charge is 2.00. The fraction of sp³-hybridized carbons (Fsp3) is 0.200. The Morgan fingerprint density at radius 1 is 1.08 bits per heavy atom. The van der Waals surface area contributed by atoms with Crippen LogP contribution in [-0.2, 0) is 9.59 Å². The van der Waals surface area contributed by atoms with Crippen LogP contribution in [0.3, 0.4) is 0 Å². The van der Waals surface area contributed by atoms with E-state index in [1.54, 1.807) is 0 Å². The van der Waals surface area contributed by atoms with Gasteiger partial charge in [0.1, 0.15) is 0 Å². The Labute approximate surface area is 165 Å². The van der Waals surface area contributed by atoms with Crippen LogP contribution in [0.15, 0.2) is 72.8 Å². The lowest BCUT2D eigenvalue weighted by molar-refractivity contribution is -0.133. The largest absolute Gasteiger partial charge is 0.478 e. The van der Waals surface area contributed by atoms with Gasteiger partial charge in [-0.3, -0.25) is 0 Å². The van der Waals surface area contributed by atoms with Crippen LogP contribution in [0.4, 0.5) is 0 Å². The summed E-state index contributed by atoms with van der Waals surface area (Å²) >= 11 is 9.69. The minimum absolute atomic E-state index is 0.111. The summed E-state index contributed by atoms with van der Waals surface area (Å²) in [7, 11) is 0. The van der Waals surface area contributed by atoms with E-state index in [9.17, 15) is 9.59 Å². The van der Waals surface area contributed by atoms with Crippen LogP contribution in [-0.4, -0.2) is 22.2 Å². The van der Waals surface area contributed by atoms with Crippen molar-refractivity contribution in [2.45, 2.75) is 26.2 Å². The smallest absolute Gasteiger partial charge is 0.330 e. The third-order valence-electron chi connectivity index (χ3n) is 2.34. The van der Waals surface area contributed by atoms with E-state index in [0.717, 1.165) is 18.9 Å². The summed E-state index contributed by atoms with van der Waals surface area (Å²) < 4.78 is 0.111. The van der Waals surface area contributed by atoms with Gasteiger partial charge in [0.15, 0.2) is 0 Å². The van der Waals surface area contributed by atoms with Gasteiger partial charge in [0, 0.05) is 11.6 Å². The molecule has 0 heterocycles. The van der Waals surface area contributed by atoms with Crippen molar-refractivity contribution in [3.05, 3.63) is 78.4 Å². The fourth-order valence-corrected chi connectivity index (χ4v) is 1.09. The summed E-state index contributed by atoms with van der Waals surface area (Å²) in [5.74, 6) is -1.85. The molecular weight excluding hydrogens is 375 g/mol. The molecule has 0 amide bonds. The van der Waals surface area contributed by atoms with Gasteiger partial charge in [0.25, 0.3) is 0 Å². The van der Waals surface area contributed by atoms with Crippen molar-refractivity contribution in [3.63, 3.8) is 0 Å². The molecule has 2 N–H and O–H groups in total. The normalized spacial score (nSPS) is 7.96. The second-order valence-electron chi connectivity index (χ2n) is 4.51. The first-order valence-corrected chi connectivity index (χ1v) is 8.31. The summed E-state index contributed by atoms with van der Waals surface area (Å²) in [5.41, 5.74) is 1.49. The van der Waals surface area contributed by atoms with Crippen molar-refractivity contribution in [1.29, 1.82) is 0 Å². The topological polar surface area (TPSA) is 74.6 Å². The van der Waals surface area contributed by atoms with Crippen LogP contribution in [0.1, 0.15) is 31.7 Å². The zero-order valence-electron chi connectivity index (χ0n) is 15.0. The molecule has 144 valence electrons. The minimum Gasteiger partial charge on any atom is -0.478 e. The van der Waals surface area contributed by atoms with Crippen molar-refractivity contribution >= 4 is 41.2 Å². The molecule has 0 atom stereocenters. The van der Waals surface area contributed by atoms with E-state index < -0.39 is 11.9 Å². The Bertz CT molecular complexity index is 562. The third kappa shape index (κ3) is 29.7.